The van der Waals surface area contributed by atoms with Crippen LogP contribution in [-0.4, -0.2) is 15.0 Å². The van der Waals surface area contributed by atoms with Crippen LogP contribution in [0.25, 0.3) is 67.5 Å². The van der Waals surface area contributed by atoms with Crippen molar-refractivity contribution in [3.63, 3.8) is 0 Å². The lowest BCUT2D eigenvalue weighted by molar-refractivity contribution is 0.474. The fourth-order valence-corrected chi connectivity index (χ4v) is 7.73. The second kappa shape index (κ2) is 10.3. The molecule has 10 rings (SSSR count). The van der Waals surface area contributed by atoms with Crippen molar-refractivity contribution < 1.29 is 4.42 Å². The molecule has 4 nitrogen and oxygen atoms in total. The summed E-state index contributed by atoms with van der Waals surface area (Å²) in [5, 5.41) is 0. The van der Waals surface area contributed by atoms with E-state index in [9.17, 15) is 0 Å². The van der Waals surface area contributed by atoms with E-state index in [1.807, 2.05) is 42.7 Å². The van der Waals surface area contributed by atoms with Crippen LogP contribution in [0.15, 0.2) is 168 Å². The van der Waals surface area contributed by atoms with Crippen LogP contribution in [0.1, 0.15) is 22.5 Å². The first-order valence-electron chi connectivity index (χ1n) is 16.2. The highest BCUT2D eigenvalue weighted by molar-refractivity contribution is 5.94. The van der Waals surface area contributed by atoms with Crippen LogP contribution in [-0.2, 0) is 5.41 Å². The van der Waals surface area contributed by atoms with Crippen molar-refractivity contribution in [2.75, 3.05) is 0 Å². The number of fused-ring (bicyclic) bond motifs is 10. The second-order valence-corrected chi connectivity index (χ2v) is 12.4. The molecule has 1 spiro atoms. The number of aromatic nitrogens is 3. The molecule has 0 saturated heterocycles. The van der Waals surface area contributed by atoms with E-state index in [0.29, 0.717) is 17.5 Å². The van der Waals surface area contributed by atoms with Gasteiger partial charge >= 0.3 is 0 Å². The minimum Gasteiger partial charge on any atom is -0.467 e. The van der Waals surface area contributed by atoms with Gasteiger partial charge in [0.25, 0.3) is 0 Å². The van der Waals surface area contributed by atoms with Gasteiger partial charge in [-0.15, -0.1) is 0 Å². The molecule has 1 unspecified atom stereocenters. The normalized spacial score (nSPS) is 15.2. The maximum Gasteiger partial charge on any atom is 0.164 e. The number of hydrogen-bond acceptors (Lipinski definition) is 4. The molecule has 0 aliphatic heterocycles. The number of rotatable bonds is 4. The number of hydrogen-bond donors (Lipinski definition) is 0. The molecule has 0 N–H and O–H groups in total. The van der Waals surface area contributed by atoms with Gasteiger partial charge in [-0.1, -0.05) is 146 Å². The van der Waals surface area contributed by atoms with Gasteiger partial charge in [-0.05, 0) is 56.6 Å². The first kappa shape index (κ1) is 26.8. The maximum absolute atomic E-state index is 6.41. The van der Waals surface area contributed by atoms with Crippen LogP contribution in [0.5, 0.6) is 0 Å². The Kier molecular flexibility index (Phi) is 5.75. The molecule has 0 radical (unpaired) electrons. The van der Waals surface area contributed by atoms with Crippen molar-refractivity contribution in [3.05, 3.63) is 186 Å². The minimum atomic E-state index is -0.567. The zero-order valence-corrected chi connectivity index (χ0v) is 25.8. The predicted molar refractivity (Wildman–Crippen MR) is 190 cm³/mol. The molecule has 2 heterocycles. The van der Waals surface area contributed by atoms with E-state index in [2.05, 4.69) is 121 Å². The third kappa shape index (κ3) is 3.80. The molecule has 1 atom stereocenters. The number of benzene rings is 6. The van der Waals surface area contributed by atoms with Gasteiger partial charge in [-0.25, -0.2) is 15.0 Å². The van der Waals surface area contributed by atoms with E-state index < -0.39 is 5.41 Å². The standard InChI is InChI=1S/C44H27N3O/c1-3-11-28(12-4-1)29-19-21-31(22-20-29)42-45-41(30-13-5-2-6-14-30)46-43(47-42)32-23-24-35-33-15-7-9-17-37(33)44(39(35)27-32)38-18-10-8-16-34(38)36-25-26-48-40(36)44/h1-27H. The van der Waals surface area contributed by atoms with E-state index in [4.69, 9.17) is 19.4 Å². The average Bonchev–Trinajstić information content (AvgIpc) is 3.84. The Morgan fingerprint density at radius 1 is 0.354 bits per heavy atom. The number of furan rings is 1. The third-order valence-corrected chi connectivity index (χ3v) is 9.85. The minimum absolute atomic E-state index is 0.567. The van der Waals surface area contributed by atoms with Crippen LogP contribution < -0.4 is 0 Å². The Balaban J connectivity index is 1.18. The van der Waals surface area contributed by atoms with Crippen molar-refractivity contribution >= 4 is 0 Å². The van der Waals surface area contributed by atoms with Crippen LogP contribution in [0.3, 0.4) is 0 Å². The Morgan fingerprint density at radius 2 is 0.812 bits per heavy atom. The Bertz CT molecular complexity index is 2500. The molecule has 2 aliphatic rings. The van der Waals surface area contributed by atoms with Gasteiger partial charge in [0.05, 0.1) is 6.26 Å². The van der Waals surface area contributed by atoms with Gasteiger partial charge in [0.2, 0.25) is 0 Å². The van der Waals surface area contributed by atoms with Gasteiger partial charge in [0.1, 0.15) is 11.2 Å². The SMILES string of the molecule is c1ccc(-c2ccc(-c3nc(-c4ccccc4)nc(-c4ccc5c(c4)C4(c6ccccc6-5)c5ccccc5-c5ccoc54)n3)cc2)cc1. The zero-order chi connectivity index (χ0) is 31.7. The molecule has 4 heteroatoms. The fraction of sp³-hybridized carbons (Fsp3) is 0.0227. The topological polar surface area (TPSA) is 51.8 Å². The van der Waals surface area contributed by atoms with Gasteiger partial charge < -0.3 is 4.42 Å². The molecule has 224 valence electrons. The summed E-state index contributed by atoms with van der Waals surface area (Å²) in [7, 11) is 0. The zero-order valence-electron chi connectivity index (χ0n) is 25.8. The van der Waals surface area contributed by atoms with Crippen molar-refractivity contribution in [1.82, 2.24) is 15.0 Å². The summed E-state index contributed by atoms with van der Waals surface area (Å²) in [6.45, 7) is 0. The quantitative estimate of drug-likeness (QED) is 0.198. The molecule has 0 saturated carbocycles. The smallest absolute Gasteiger partial charge is 0.164 e. The third-order valence-electron chi connectivity index (χ3n) is 9.85. The molecule has 8 aromatic rings. The molecule has 6 aromatic carbocycles. The van der Waals surface area contributed by atoms with Gasteiger partial charge in [0, 0.05) is 22.3 Å². The first-order valence-corrected chi connectivity index (χ1v) is 16.2. The summed E-state index contributed by atoms with van der Waals surface area (Å²) in [6.07, 6.45) is 1.82. The lowest BCUT2D eigenvalue weighted by atomic mass is 9.73. The molecule has 0 amide bonds. The summed E-state index contributed by atoms with van der Waals surface area (Å²) < 4.78 is 6.41. The van der Waals surface area contributed by atoms with Crippen molar-refractivity contribution in [2.45, 2.75) is 5.41 Å². The molecular weight excluding hydrogens is 587 g/mol. The van der Waals surface area contributed by atoms with Crippen molar-refractivity contribution in [3.8, 4) is 67.5 Å². The largest absolute Gasteiger partial charge is 0.467 e. The highest BCUT2D eigenvalue weighted by Crippen LogP contribution is 2.63. The highest BCUT2D eigenvalue weighted by atomic mass is 16.3. The lowest BCUT2D eigenvalue weighted by Gasteiger charge is -2.28. The van der Waals surface area contributed by atoms with Crippen molar-refractivity contribution in [2.24, 2.45) is 0 Å². The van der Waals surface area contributed by atoms with Crippen molar-refractivity contribution in [1.29, 1.82) is 0 Å². The molecule has 0 bridgehead atoms. The van der Waals surface area contributed by atoms with Crippen LogP contribution in [0.4, 0.5) is 0 Å². The maximum atomic E-state index is 6.41. The molecule has 2 aromatic heterocycles. The first-order chi connectivity index (χ1) is 23.8. The van der Waals surface area contributed by atoms with Gasteiger partial charge in [-0.2, -0.15) is 0 Å². The molecule has 2 aliphatic carbocycles. The van der Waals surface area contributed by atoms with E-state index in [0.717, 1.165) is 33.6 Å². The summed E-state index contributed by atoms with van der Waals surface area (Å²) in [6, 6.07) is 55.1. The fourth-order valence-electron chi connectivity index (χ4n) is 7.73. The van der Waals surface area contributed by atoms with Gasteiger partial charge in [-0.3, -0.25) is 0 Å². The van der Waals surface area contributed by atoms with Crippen LogP contribution in [0.2, 0.25) is 0 Å². The summed E-state index contributed by atoms with van der Waals surface area (Å²) in [5.74, 6) is 2.87. The number of nitrogens with zero attached hydrogens (tertiary/aromatic N) is 3. The Morgan fingerprint density at radius 3 is 1.48 bits per heavy atom. The van der Waals surface area contributed by atoms with E-state index in [1.54, 1.807) is 0 Å². The van der Waals surface area contributed by atoms with E-state index in [1.165, 1.54) is 38.9 Å². The molecule has 0 fully saturated rings. The summed E-state index contributed by atoms with van der Waals surface area (Å²) in [4.78, 5) is 15.2. The molecular formula is C44H27N3O. The Hall–Kier alpha value is -6.39. The summed E-state index contributed by atoms with van der Waals surface area (Å²) >= 11 is 0. The van der Waals surface area contributed by atoms with Crippen LogP contribution in [0, 0.1) is 0 Å². The Labute approximate surface area is 278 Å². The van der Waals surface area contributed by atoms with Gasteiger partial charge in [0.15, 0.2) is 17.5 Å². The average molecular weight is 614 g/mol. The lowest BCUT2D eigenvalue weighted by Crippen LogP contribution is -2.25. The summed E-state index contributed by atoms with van der Waals surface area (Å²) in [5.41, 5.74) is 13.0. The molecule has 48 heavy (non-hydrogen) atoms. The second-order valence-electron chi connectivity index (χ2n) is 12.4. The monoisotopic (exact) mass is 613 g/mol. The van der Waals surface area contributed by atoms with Crippen LogP contribution >= 0.6 is 0 Å². The van der Waals surface area contributed by atoms with E-state index >= 15 is 0 Å². The van der Waals surface area contributed by atoms with E-state index in [-0.39, 0.29) is 0 Å². The predicted octanol–water partition coefficient (Wildman–Crippen LogP) is 10.5. The highest BCUT2D eigenvalue weighted by Gasteiger charge is 2.54.